The molecule has 0 amide bonds. The maximum absolute atomic E-state index is 11.9. The van der Waals surface area contributed by atoms with Gasteiger partial charge < -0.3 is 5.32 Å². The van der Waals surface area contributed by atoms with Gasteiger partial charge in [0.25, 0.3) is 0 Å². The van der Waals surface area contributed by atoms with Crippen molar-refractivity contribution in [1.82, 2.24) is 5.32 Å². The first-order chi connectivity index (χ1) is 7.46. The molecule has 16 heavy (non-hydrogen) atoms. The molecule has 0 aliphatic carbocycles. The van der Waals surface area contributed by atoms with Crippen LogP contribution in [0.2, 0.25) is 0 Å². The first kappa shape index (κ1) is 11.4. The highest BCUT2D eigenvalue weighted by Gasteiger charge is 2.26. The van der Waals surface area contributed by atoms with Crippen molar-refractivity contribution in [2.75, 3.05) is 7.05 Å². The van der Waals surface area contributed by atoms with Gasteiger partial charge in [-0.15, -0.1) is 0 Å². The normalized spacial score (nSPS) is 19.1. The molecule has 1 atom stereocenters. The Morgan fingerprint density at radius 2 is 2.00 bits per heavy atom. The van der Waals surface area contributed by atoms with E-state index in [9.17, 15) is 8.42 Å². The van der Waals surface area contributed by atoms with Crippen LogP contribution in [0, 0.1) is 0 Å². The Labute approximate surface area is 96.1 Å². The summed E-state index contributed by atoms with van der Waals surface area (Å²) in [7, 11) is -1.31. The average Bonchev–Trinajstić information content (AvgIpc) is 2.48. The summed E-state index contributed by atoms with van der Waals surface area (Å²) in [5.41, 5.74) is 1.90. The molecule has 86 valence electrons. The van der Waals surface area contributed by atoms with Crippen LogP contribution in [0.1, 0.15) is 31.0 Å². The first-order valence-electron chi connectivity index (χ1n) is 5.21. The summed E-state index contributed by atoms with van der Waals surface area (Å²) >= 11 is 0. The van der Waals surface area contributed by atoms with Crippen LogP contribution in [0.15, 0.2) is 28.0 Å². The Morgan fingerprint density at radius 3 is 2.62 bits per heavy atom. The summed E-state index contributed by atoms with van der Waals surface area (Å²) < 4.78 is 23.7. The monoisotopic (exact) mass is 237 g/mol. The van der Waals surface area contributed by atoms with Crippen LogP contribution in [0.25, 0.3) is 6.08 Å². The molecule has 1 aliphatic heterocycles. The van der Waals surface area contributed by atoms with Gasteiger partial charge in [0.15, 0.2) is 0 Å². The maximum atomic E-state index is 11.9. The molecule has 0 fully saturated rings. The van der Waals surface area contributed by atoms with E-state index in [0.717, 1.165) is 11.1 Å². The van der Waals surface area contributed by atoms with Crippen LogP contribution in [0.3, 0.4) is 0 Å². The molecule has 0 saturated heterocycles. The lowest BCUT2D eigenvalue weighted by Crippen LogP contribution is -2.12. The number of hydrogen-bond acceptors (Lipinski definition) is 3. The van der Waals surface area contributed by atoms with E-state index in [-0.39, 0.29) is 6.04 Å². The van der Waals surface area contributed by atoms with E-state index < -0.39 is 9.84 Å². The van der Waals surface area contributed by atoms with Crippen LogP contribution in [-0.4, -0.2) is 15.5 Å². The lowest BCUT2D eigenvalue weighted by molar-refractivity contribution is 0.603. The van der Waals surface area contributed by atoms with Gasteiger partial charge in [0.05, 0.1) is 4.90 Å². The number of benzene rings is 1. The van der Waals surface area contributed by atoms with Crippen LogP contribution in [0.5, 0.6) is 0 Å². The third kappa shape index (κ3) is 1.58. The predicted octanol–water partition coefficient (Wildman–Crippen LogP) is 2.12. The molecule has 1 heterocycles. The zero-order valence-corrected chi connectivity index (χ0v) is 10.4. The van der Waals surface area contributed by atoms with E-state index in [1.54, 1.807) is 19.1 Å². The number of nitrogens with one attached hydrogen (secondary N) is 1. The molecular weight excluding hydrogens is 222 g/mol. The average molecular weight is 237 g/mol. The lowest BCUT2D eigenvalue weighted by atomic mass is 10.1. The minimum Gasteiger partial charge on any atom is -0.313 e. The van der Waals surface area contributed by atoms with Crippen molar-refractivity contribution in [3.05, 3.63) is 34.2 Å². The van der Waals surface area contributed by atoms with Crippen LogP contribution >= 0.6 is 0 Å². The van der Waals surface area contributed by atoms with E-state index in [4.69, 9.17) is 0 Å². The molecule has 2 rings (SSSR count). The molecule has 0 aromatic heterocycles. The van der Waals surface area contributed by atoms with Crippen molar-refractivity contribution in [2.45, 2.75) is 24.8 Å². The Bertz CT molecular complexity index is 558. The minimum atomic E-state index is -3.19. The zero-order chi connectivity index (χ0) is 11.9. The number of hydrogen-bond donors (Lipinski definition) is 1. The van der Waals surface area contributed by atoms with Gasteiger partial charge in [0.2, 0.25) is 9.84 Å². The fourth-order valence-corrected chi connectivity index (χ4v) is 3.13. The maximum Gasteiger partial charge on any atom is 0.203 e. The second kappa shape index (κ2) is 3.71. The van der Waals surface area contributed by atoms with Gasteiger partial charge >= 0.3 is 0 Å². The van der Waals surface area contributed by atoms with Gasteiger partial charge in [-0.3, -0.25) is 0 Å². The van der Waals surface area contributed by atoms with Crippen molar-refractivity contribution in [1.29, 1.82) is 0 Å². The first-order valence-corrected chi connectivity index (χ1v) is 6.69. The lowest BCUT2D eigenvalue weighted by Gasteiger charge is -2.11. The number of sulfone groups is 1. The van der Waals surface area contributed by atoms with Gasteiger partial charge in [-0.1, -0.05) is 6.07 Å². The van der Waals surface area contributed by atoms with Gasteiger partial charge in [-0.25, -0.2) is 8.42 Å². The standard InChI is InChI=1S/C12H15NO2S/c1-8-6-11-7-10(9(2)13-3)4-5-12(11)16(8,14)15/h4-7,9,13H,1-3H3. The van der Waals surface area contributed by atoms with E-state index in [1.807, 2.05) is 26.1 Å². The van der Waals surface area contributed by atoms with E-state index in [2.05, 4.69) is 5.32 Å². The molecule has 1 unspecified atom stereocenters. The third-order valence-corrected chi connectivity index (χ3v) is 4.96. The molecule has 3 nitrogen and oxygen atoms in total. The fraction of sp³-hybridized carbons (Fsp3) is 0.333. The van der Waals surface area contributed by atoms with Gasteiger partial charge in [0, 0.05) is 10.9 Å². The van der Waals surface area contributed by atoms with Crippen LogP contribution in [0.4, 0.5) is 0 Å². The summed E-state index contributed by atoms with van der Waals surface area (Å²) in [5.74, 6) is 0. The quantitative estimate of drug-likeness (QED) is 0.857. The smallest absolute Gasteiger partial charge is 0.203 e. The summed E-state index contributed by atoms with van der Waals surface area (Å²) in [6.07, 6.45) is 1.73. The van der Waals surface area contributed by atoms with Crippen molar-refractivity contribution in [3.63, 3.8) is 0 Å². The van der Waals surface area contributed by atoms with Crippen molar-refractivity contribution < 1.29 is 8.42 Å². The zero-order valence-electron chi connectivity index (χ0n) is 9.61. The van der Waals surface area contributed by atoms with Gasteiger partial charge in [-0.2, -0.15) is 0 Å². The molecular formula is C12H15NO2S. The SMILES string of the molecule is CNC(C)c1ccc2c(c1)C=C(C)S2(=O)=O. The second-order valence-corrected chi connectivity index (χ2v) is 6.16. The van der Waals surface area contributed by atoms with Crippen molar-refractivity contribution in [2.24, 2.45) is 0 Å². The number of fused-ring (bicyclic) bond motifs is 1. The highest BCUT2D eigenvalue weighted by atomic mass is 32.2. The molecule has 1 aromatic carbocycles. The Kier molecular flexibility index (Phi) is 2.64. The van der Waals surface area contributed by atoms with E-state index in [0.29, 0.717) is 9.80 Å². The van der Waals surface area contributed by atoms with Crippen molar-refractivity contribution >= 4 is 15.9 Å². The molecule has 0 saturated carbocycles. The molecule has 4 heteroatoms. The Hall–Kier alpha value is -1.13. The molecule has 1 aliphatic rings. The van der Waals surface area contributed by atoms with Crippen molar-refractivity contribution in [3.8, 4) is 0 Å². The topological polar surface area (TPSA) is 46.2 Å². The largest absolute Gasteiger partial charge is 0.313 e. The highest BCUT2D eigenvalue weighted by Crippen LogP contribution is 2.33. The fourth-order valence-electron chi connectivity index (χ4n) is 1.83. The number of rotatable bonds is 2. The Morgan fingerprint density at radius 1 is 1.31 bits per heavy atom. The second-order valence-electron chi connectivity index (χ2n) is 4.07. The molecule has 0 spiro atoms. The molecule has 1 N–H and O–H groups in total. The van der Waals surface area contributed by atoms with E-state index >= 15 is 0 Å². The van der Waals surface area contributed by atoms with Crippen LogP contribution < -0.4 is 5.32 Å². The highest BCUT2D eigenvalue weighted by molar-refractivity contribution is 7.95. The third-order valence-electron chi connectivity index (χ3n) is 3.04. The summed E-state index contributed by atoms with van der Waals surface area (Å²) in [5, 5.41) is 3.13. The predicted molar refractivity (Wildman–Crippen MR) is 64.8 cm³/mol. The molecule has 1 aromatic rings. The summed E-state index contributed by atoms with van der Waals surface area (Å²) in [6, 6.07) is 5.72. The Balaban J connectivity index is 2.56. The molecule has 0 bridgehead atoms. The van der Waals surface area contributed by atoms with Gasteiger partial charge in [-0.05, 0) is 50.2 Å². The molecule has 0 radical (unpaired) electrons. The minimum absolute atomic E-state index is 0.224. The summed E-state index contributed by atoms with van der Waals surface area (Å²) in [6.45, 7) is 3.68. The number of allylic oxidation sites excluding steroid dienone is 1. The van der Waals surface area contributed by atoms with Crippen LogP contribution in [-0.2, 0) is 9.84 Å². The summed E-state index contributed by atoms with van der Waals surface area (Å²) in [4.78, 5) is 0.855. The van der Waals surface area contributed by atoms with Gasteiger partial charge in [0.1, 0.15) is 0 Å². The van der Waals surface area contributed by atoms with E-state index in [1.165, 1.54) is 0 Å².